The molecule has 2 aromatic heterocycles. The summed E-state index contributed by atoms with van der Waals surface area (Å²) < 4.78 is 42.6. The summed E-state index contributed by atoms with van der Waals surface area (Å²) in [4.78, 5) is 8.41. The van der Waals surface area contributed by atoms with Gasteiger partial charge in [0.05, 0.1) is 22.5 Å². The van der Waals surface area contributed by atoms with E-state index in [4.69, 9.17) is 0 Å². The number of anilines is 2. The fraction of sp³-hybridized carbons (Fsp3) is 0.0952. The highest BCUT2D eigenvalue weighted by molar-refractivity contribution is 7.86. The fourth-order valence-electron chi connectivity index (χ4n) is 2.97. The Hall–Kier alpha value is -3.66. The van der Waals surface area contributed by atoms with Gasteiger partial charge in [-0.05, 0) is 43.3 Å². The van der Waals surface area contributed by atoms with Crippen molar-refractivity contribution in [2.75, 3.05) is 16.6 Å². The number of benzene rings is 2. The third kappa shape index (κ3) is 4.58. The normalized spacial score (nSPS) is 11.8. The molecular formula is C21H18F2N6OS. The van der Waals surface area contributed by atoms with Gasteiger partial charge >= 0.3 is 0 Å². The number of halogens is 2. The van der Waals surface area contributed by atoms with Crippen LogP contribution in [-0.2, 0) is 11.0 Å². The highest BCUT2D eigenvalue weighted by atomic mass is 32.2. The Balaban J connectivity index is 1.63. The first-order valence-corrected chi connectivity index (χ1v) is 10.5. The minimum Gasteiger partial charge on any atom is -0.354 e. The number of nitrogens with zero attached hydrogens (tertiary/aromatic N) is 3. The van der Waals surface area contributed by atoms with E-state index in [0.29, 0.717) is 29.6 Å². The highest BCUT2D eigenvalue weighted by Crippen LogP contribution is 2.31. The molecule has 0 aliphatic carbocycles. The lowest BCUT2D eigenvalue weighted by atomic mass is 10.1. The molecule has 2 aromatic carbocycles. The fourth-order valence-corrected chi connectivity index (χ4v) is 3.89. The first kappa shape index (κ1) is 20.6. The summed E-state index contributed by atoms with van der Waals surface area (Å²) in [5.74, 6) is -0.904. The third-order valence-electron chi connectivity index (χ3n) is 4.36. The first-order valence-electron chi connectivity index (χ1n) is 9.39. The van der Waals surface area contributed by atoms with Gasteiger partial charge in [0.15, 0.2) is 11.0 Å². The monoisotopic (exact) mass is 440 g/mol. The molecule has 1 atom stereocenters. The third-order valence-corrected chi connectivity index (χ3v) is 5.49. The van der Waals surface area contributed by atoms with Gasteiger partial charge in [0.2, 0.25) is 5.95 Å². The van der Waals surface area contributed by atoms with Gasteiger partial charge < -0.3 is 10.0 Å². The van der Waals surface area contributed by atoms with Crippen LogP contribution < -0.4 is 10.0 Å². The molecule has 10 heteroatoms. The smallest absolute Gasteiger partial charge is 0.223 e. The molecule has 0 saturated heterocycles. The maximum Gasteiger partial charge on any atom is 0.223 e. The van der Waals surface area contributed by atoms with E-state index in [1.54, 1.807) is 36.7 Å². The van der Waals surface area contributed by atoms with Gasteiger partial charge in [-0.2, -0.15) is 5.10 Å². The molecule has 4 aromatic rings. The zero-order valence-electron chi connectivity index (χ0n) is 16.4. The molecule has 0 aliphatic rings. The van der Waals surface area contributed by atoms with Crippen LogP contribution in [0.4, 0.5) is 20.4 Å². The quantitative estimate of drug-likeness (QED) is 0.396. The van der Waals surface area contributed by atoms with Crippen LogP contribution >= 0.6 is 0 Å². The number of hydrogen-bond acceptors (Lipinski definition) is 5. The van der Waals surface area contributed by atoms with Crippen LogP contribution in [0.15, 0.2) is 65.8 Å². The summed E-state index contributed by atoms with van der Waals surface area (Å²) >= 11 is 0. The van der Waals surface area contributed by atoms with Crippen molar-refractivity contribution in [3.63, 3.8) is 0 Å². The lowest BCUT2D eigenvalue weighted by Gasteiger charge is -2.10. The summed E-state index contributed by atoms with van der Waals surface area (Å²) in [5.41, 5.74) is 3.36. The van der Waals surface area contributed by atoms with Crippen molar-refractivity contribution in [3.05, 3.63) is 72.6 Å². The van der Waals surface area contributed by atoms with Crippen molar-refractivity contribution in [1.29, 1.82) is 0 Å². The van der Waals surface area contributed by atoms with E-state index >= 15 is 0 Å². The Labute approximate surface area is 179 Å². The highest BCUT2D eigenvalue weighted by Gasteiger charge is 2.15. The Kier molecular flexibility index (Phi) is 5.99. The molecule has 0 aliphatic heterocycles. The van der Waals surface area contributed by atoms with Gasteiger partial charge in [0.25, 0.3) is 0 Å². The number of aromatic nitrogens is 4. The van der Waals surface area contributed by atoms with Crippen molar-refractivity contribution >= 4 is 22.6 Å². The van der Waals surface area contributed by atoms with E-state index in [1.165, 1.54) is 0 Å². The molecule has 0 saturated carbocycles. The second kappa shape index (κ2) is 9.00. The van der Waals surface area contributed by atoms with Gasteiger partial charge in [-0.25, -0.2) is 23.0 Å². The molecule has 2 heterocycles. The standard InChI is InChI=1S/C21H18F2N6OS/c1-2-24-21-25-9-8-18(27-21)16-12-26-28-20(16)13-4-3-5-15(10-13)29-31(30)19-11-14(22)6-7-17(19)23/h3-12,29H,2H2,1H3,(H,26,28)(H,24,25,27). The van der Waals surface area contributed by atoms with Crippen LogP contribution in [0.1, 0.15) is 6.92 Å². The van der Waals surface area contributed by atoms with E-state index in [-0.39, 0.29) is 4.90 Å². The van der Waals surface area contributed by atoms with Gasteiger partial charge in [-0.3, -0.25) is 5.10 Å². The first-order chi connectivity index (χ1) is 15.0. The van der Waals surface area contributed by atoms with Crippen molar-refractivity contribution in [3.8, 4) is 22.5 Å². The predicted octanol–water partition coefficient (Wildman–Crippen LogP) is 4.38. The van der Waals surface area contributed by atoms with Crippen molar-refractivity contribution in [1.82, 2.24) is 20.2 Å². The van der Waals surface area contributed by atoms with Crippen LogP contribution in [0.25, 0.3) is 22.5 Å². The zero-order valence-corrected chi connectivity index (χ0v) is 17.2. The predicted molar refractivity (Wildman–Crippen MR) is 116 cm³/mol. The summed E-state index contributed by atoms with van der Waals surface area (Å²) in [6.07, 6.45) is 3.32. The SMILES string of the molecule is CCNc1nccc(-c2cn[nH]c2-c2cccc(NS(=O)c3cc(F)ccc3F)c2)n1. The minimum absolute atomic E-state index is 0.260. The van der Waals surface area contributed by atoms with Crippen LogP contribution in [0.3, 0.4) is 0 Å². The number of H-pyrrole nitrogens is 1. The van der Waals surface area contributed by atoms with Gasteiger partial charge in [-0.15, -0.1) is 0 Å². The molecule has 3 N–H and O–H groups in total. The molecule has 1 unspecified atom stereocenters. The van der Waals surface area contributed by atoms with Crippen LogP contribution in [0.5, 0.6) is 0 Å². The largest absolute Gasteiger partial charge is 0.354 e. The second-order valence-corrected chi connectivity index (χ2v) is 7.66. The topological polar surface area (TPSA) is 95.6 Å². The lowest BCUT2D eigenvalue weighted by molar-refractivity contribution is 0.572. The second-order valence-electron chi connectivity index (χ2n) is 6.48. The summed E-state index contributed by atoms with van der Waals surface area (Å²) in [6.45, 7) is 2.65. The zero-order chi connectivity index (χ0) is 21.8. The van der Waals surface area contributed by atoms with Gasteiger partial charge in [0.1, 0.15) is 11.6 Å². The molecule has 0 radical (unpaired) electrons. The molecule has 158 valence electrons. The Morgan fingerprint density at radius 2 is 2.00 bits per heavy atom. The van der Waals surface area contributed by atoms with Crippen LogP contribution in [0.2, 0.25) is 0 Å². The molecule has 0 fully saturated rings. The maximum absolute atomic E-state index is 13.9. The average Bonchev–Trinajstić information content (AvgIpc) is 3.26. The van der Waals surface area contributed by atoms with Crippen LogP contribution in [-0.4, -0.2) is 30.9 Å². The molecule has 7 nitrogen and oxygen atoms in total. The van der Waals surface area contributed by atoms with Crippen molar-refractivity contribution in [2.45, 2.75) is 11.8 Å². The Bertz CT molecular complexity index is 1250. The molecule has 0 bridgehead atoms. The summed E-state index contributed by atoms with van der Waals surface area (Å²) in [7, 11) is -1.98. The van der Waals surface area contributed by atoms with E-state index in [1.807, 2.05) is 13.0 Å². The Morgan fingerprint density at radius 3 is 2.84 bits per heavy atom. The molecular weight excluding hydrogens is 422 g/mol. The maximum atomic E-state index is 13.9. The van der Waals surface area contributed by atoms with Crippen molar-refractivity contribution < 1.29 is 13.0 Å². The van der Waals surface area contributed by atoms with E-state index in [9.17, 15) is 13.0 Å². The lowest BCUT2D eigenvalue weighted by Crippen LogP contribution is -2.07. The number of aromatic amines is 1. The molecule has 0 spiro atoms. The number of nitrogens with one attached hydrogen (secondary N) is 3. The molecule has 0 amide bonds. The minimum atomic E-state index is -1.98. The number of hydrogen-bond donors (Lipinski definition) is 3. The Morgan fingerprint density at radius 1 is 1.13 bits per heavy atom. The van der Waals surface area contributed by atoms with E-state index < -0.39 is 22.6 Å². The molecule has 4 rings (SSSR count). The van der Waals surface area contributed by atoms with Crippen LogP contribution in [0, 0.1) is 11.6 Å². The van der Waals surface area contributed by atoms with Gasteiger partial charge in [0, 0.05) is 29.6 Å². The average molecular weight is 440 g/mol. The van der Waals surface area contributed by atoms with Gasteiger partial charge in [-0.1, -0.05) is 12.1 Å². The summed E-state index contributed by atoms with van der Waals surface area (Å²) in [5, 5.41) is 10.2. The number of rotatable bonds is 7. The molecule has 31 heavy (non-hydrogen) atoms. The van der Waals surface area contributed by atoms with E-state index in [0.717, 1.165) is 29.3 Å². The van der Waals surface area contributed by atoms with E-state index in [2.05, 4.69) is 30.2 Å². The summed E-state index contributed by atoms with van der Waals surface area (Å²) in [6, 6.07) is 11.6. The van der Waals surface area contributed by atoms with Crippen molar-refractivity contribution in [2.24, 2.45) is 0 Å².